The van der Waals surface area contributed by atoms with Gasteiger partial charge in [-0.25, -0.2) is 0 Å². The van der Waals surface area contributed by atoms with Crippen LogP contribution in [0.4, 0.5) is 0 Å². The van der Waals surface area contributed by atoms with Gasteiger partial charge in [-0.15, -0.1) is 0 Å². The Kier molecular flexibility index (Phi) is 5.26. The average molecular weight is 357 g/mol. The molecule has 1 heterocycles. The monoisotopic (exact) mass is 355 g/mol. The average Bonchev–Trinajstić information content (AvgIpc) is 2.45. The lowest BCUT2D eigenvalue weighted by Gasteiger charge is -2.14. The summed E-state index contributed by atoms with van der Waals surface area (Å²) in [6, 6.07) is 5.66. The molecule has 0 aliphatic heterocycles. The van der Waals surface area contributed by atoms with Crippen LogP contribution in [-0.4, -0.2) is 12.1 Å². The number of hydrogen-bond donors (Lipinski definition) is 0. The van der Waals surface area contributed by atoms with Crippen molar-refractivity contribution in [1.82, 2.24) is 4.98 Å². The van der Waals surface area contributed by atoms with Crippen molar-refractivity contribution in [1.29, 1.82) is 0 Å². The summed E-state index contributed by atoms with van der Waals surface area (Å²) >= 11 is 9.49. The van der Waals surface area contributed by atoms with Crippen LogP contribution >= 0.6 is 27.5 Å². The fraction of sp³-hybridized carbons (Fsp3) is 0.267. The third-order valence-corrected chi connectivity index (χ3v) is 3.60. The molecule has 0 spiro atoms. The Hall–Kier alpha value is -1.26. The highest BCUT2D eigenvalue weighted by atomic mass is 79.9. The summed E-state index contributed by atoms with van der Waals surface area (Å²) in [5, 5.41) is 1.27. The standard InChI is InChI=1S/C15H15BrClNO2/c1-10-3-11(8-18-7-10)9-20-15-12(6-16)4-13(17)5-14(15)19-2/h3-5,7-8H,6,9H2,1-2H3. The molecule has 1 aromatic heterocycles. The van der Waals surface area contributed by atoms with E-state index in [4.69, 9.17) is 21.1 Å². The number of halogens is 2. The smallest absolute Gasteiger partial charge is 0.165 e. The van der Waals surface area contributed by atoms with E-state index >= 15 is 0 Å². The highest BCUT2D eigenvalue weighted by molar-refractivity contribution is 9.08. The summed E-state index contributed by atoms with van der Waals surface area (Å²) in [5.41, 5.74) is 3.08. The van der Waals surface area contributed by atoms with Crippen LogP contribution in [-0.2, 0) is 11.9 Å². The largest absolute Gasteiger partial charge is 0.493 e. The van der Waals surface area contributed by atoms with Gasteiger partial charge < -0.3 is 9.47 Å². The molecule has 5 heteroatoms. The van der Waals surface area contributed by atoms with E-state index in [2.05, 4.69) is 20.9 Å². The van der Waals surface area contributed by atoms with E-state index in [1.807, 2.05) is 25.3 Å². The lowest BCUT2D eigenvalue weighted by atomic mass is 10.2. The second-order valence-electron chi connectivity index (χ2n) is 4.39. The molecule has 0 N–H and O–H groups in total. The first kappa shape index (κ1) is 15.1. The van der Waals surface area contributed by atoms with Crippen LogP contribution in [0.2, 0.25) is 5.02 Å². The van der Waals surface area contributed by atoms with E-state index in [0.717, 1.165) is 16.7 Å². The zero-order valence-electron chi connectivity index (χ0n) is 11.3. The van der Waals surface area contributed by atoms with Gasteiger partial charge in [0, 0.05) is 39.9 Å². The number of alkyl halides is 1. The summed E-state index contributed by atoms with van der Waals surface area (Å²) in [4.78, 5) is 4.15. The summed E-state index contributed by atoms with van der Waals surface area (Å²) in [6.45, 7) is 2.44. The minimum absolute atomic E-state index is 0.437. The minimum Gasteiger partial charge on any atom is -0.493 e. The van der Waals surface area contributed by atoms with Crippen molar-refractivity contribution in [2.75, 3.05) is 7.11 Å². The van der Waals surface area contributed by atoms with Gasteiger partial charge in [0.05, 0.1) is 7.11 Å². The Morgan fingerprint density at radius 1 is 1.25 bits per heavy atom. The highest BCUT2D eigenvalue weighted by Gasteiger charge is 2.12. The molecule has 106 valence electrons. The number of aryl methyl sites for hydroxylation is 1. The van der Waals surface area contributed by atoms with Crippen LogP contribution in [0.5, 0.6) is 11.5 Å². The lowest BCUT2D eigenvalue weighted by molar-refractivity contribution is 0.282. The Morgan fingerprint density at radius 2 is 2.05 bits per heavy atom. The van der Waals surface area contributed by atoms with Gasteiger partial charge in [-0.3, -0.25) is 4.98 Å². The number of methoxy groups -OCH3 is 1. The van der Waals surface area contributed by atoms with Gasteiger partial charge in [0.1, 0.15) is 6.61 Å². The number of rotatable bonds is 5. The van der Waals surface area contributed by atoms with E-state index in [9.17, 15) is 0 Å². The molecule has 2 rings (SSSR count). The van der Waals surface area contributed by atoms with Gasteiger partial charge >= 0.3 is 0 Å². The van der Waals surface area contributed by atoms with E-state index in [1.54, 1.807) is 19.4 Å². The summed E-state index contributed by atoms with van der Waals surface area (Å²) < 4.78 is 11.2. The molecule has 0 fully saturated rings. The Balaban J connectivity index is 2.24. The molecule has 2 aromatic rings. The predicted molar refractivity (Wildman–Crippen MR) is 83.9 cm³/mol. The van der Waals surface area contributed by atoms with Gasteiger partial charge in [0.25, 0.3) is 0 Å². The molecule has 0 atom stereocenters. The molecule has 1 aromatic carbocycles. The number of hydrogen-bond acceptors (Lipinski definition) is 3. The fourth-order valence-corrected chi connectivity index (χ4v) is 2.54. The van der Waals surface area contributed by atoms with E-state index < -0.39 is 0 Å². The molecule has 3 nitrogen and oxygen atoms in total. The molecule has 0 aliphatic rings. The second kappa shape index (κ2) is 6.95. The van der Waals surface area contributed by atoms with Crippen molar-refractivity contribution >= 4 is 27.5 Å². The van der Waals surface area contributed by atoms with Crippen molar-refractivity contribution in [3.8, 4) is 11.5 Å². The van der Waals surface area contributed by atoms with Crippen molar-refractivity contribution in [2.24, 2.45) is 0 Å². The first-order chi connectivity index (χ1) is 9.63. The van der Waals surface area contributed by atoms with Crippen LogP contribution in [0.25, 0.3) is 0 Å². The maximum atomic E-state index is 6.05. The molecule has 20 heavy (non-hydrogen) atoms. The molecule has 0 amide bonds. The van der Waals surface area contributed by atoms with Crippen LogP contribution in [0.1, 0.15) is 16.7 Å². The maximum absolute atomic E-state index is 6.05. The fourth-order valence-electron chi connectivity index (χ4n) is 1.89. The van der Waals surface area contributed by atoms with Crippen molar-refractivity contribution < 1.29 is 9.47 Å². The Bertz CT molecular complexity index is 579. The van der Waals surface area contributed by atoms with E-state index in [-0.39, 0.29) is 0 Å². The third kappa shape index (κ3) is 3.64. The second-order valence-corrected chi connectivity index (χ2v) is 5.39. The summed E-state index contributed by atoms with van der Waals surface area (Å²) in [6.07, 6.45) is 3.61. The zero-order chi connectivity index (χ0) is 14.5. The molecule has 0 unspecified atom stereocenters. The molecular formula is C15H15BrClNO2. The van der Waals surface area contributed by atoms with Crippen molar-refractivity contribution in [3.05, 3.63) is 52.3 Å². The first-order valence-electron chi connectivity index (χ1n) is 6.09. The molecule has 0 bridgehead atoms. The van der Waals surface area contributed by atoms with Crippen LogP contribution in [0.15, 0.2) is 30.6 Å². The molecule has 0 saturated heterocycles. The molecular weight excluding hydrogens is 342 g/mol. The van der Waals surface area contributed by atoms with Gasteiger partial charge in [-0.2, -0.15) is 0 Å². The number of ether oxygens (including phenoxy) is 2. The van der Waals surface area contributed by atoms with Gasteiger partial charge in [-0.05, 0) is 24.6 Å². The highest BCUT2D eigenvalue weighted by Crippen LogP contribution is 2.36. The van der Waals surface area contributed by atoms with Gasteiger partial charge in [0.15, 0.2) is 11.5 Å². The van der Waals surface area contributed by atoms with Crippen LogP contribution in [0, 0.1) is 6.92 Å². The lowest BCUT2D eigenvalue weighted by Crippen LogP contribution is -2.01. The quantitative estimate of drug-likeness (QED) is 0.738. The topological polar surface area (TPSA) is 31.4 Å². The number of pyridine rings is 1. The van der Waals surface area contributed by atoms with Crippen molar-refractivity contribution in [2.45, 2.75) is 18.9 Å². The molecule has 0 aliphatic carbocycles. The van der Waals surface area contributed by atoms with E-state index in [1.165, 1.54) is 0 Å². The summed E-state index contributed by atoms with van der Waals surface area (Å²) in [7, 11) is 1.60. The van der Waals surface area contributed by atoms with Crippen LogP contribution < -0.4 is 9.47 Å². The van der Waals surface area contributed by atoms with Gasteiger partial charge in [-0.1, -0.05) is 27.5 Å². The first-order valence-corrected chi connectivity index (χ1v) is 7.59. The zero-order valence-corrected chi connectivity index (χ0v) is 13.7. The SMILES string of the molecule is COc1cc(Cl)cc(CBr)c1OCc1cncc(C)c1. The van der Waals surface area contributed by atoms with Gasteiger partial charge in [0.2, 0.25) is 0 Å². The molecule has 0 radical (unpaired) electrons. The Labute approximate surface area is 132 Å². The minimum atomic E-state index is 0.437. The van der Waals surface area contributed by atoms with E-state index in [0.29, 0.717) is 28.5 Å². The maximum Gasteiger partial charge on any atom is 0.165 e. The predicted octanol–water partition coefficient (Wildman–Crippen LogP) is 4.53. The van der Waals surface area contributed by atoms with Crippen molar-refractivity contribution in [3.63, 3.8) is 0 Å². The normalized spacial score (nSPS) is 10.4. The molecule has 0 saturated carbocycles. The summed E-state index contributed by atoms with van der Waals surface area (Å²) in [5.74, 6) is 1.34. The van der Waals surface area contributed by atoms with Crippen LogP contribution in [0.3, 0.4) is 0 Å². The number of nitrogens with zero attached hydrogens (tertiary/aromatic N) is 1. The number of benzene rings is 1. The number of aromatic nitrogens is 1. The third-order valence-electron chi connectivity index (χ3n) is 2.78. The Morgan fingerprint density at radius 3 is 2.70 bits per heavy atom.